The van der Waals surface area contributed by atoms with Crippen LogP contribution in [0, 0.1) is 0 Å². The third-order valence-electron chi connectivity index (χ3n) is 3.77. The van der Waals surface area contributed by atoms with E-state index in [-0.39, 0.29) is 23.7 Å². The van der Waals surface area contributed by atoms with E-state index in [1.807, 2.05) is 0 Å². The Labute approximate surface area is 147 Å². The van der Waals surface area contributed by atoms with Crippen molar-refractivity contribution in [2.45, 2.75) is 12.7 Å². The van der Waals surface area contributed by atoms with E-state index < -0.39 is 11.7 Å². The van der Waals surface area contributed by atoms with Gasteiger partial charge in [-0.3, -0.25) is 4.79 Å². The molecule has 0 radical (unpaired) electrons. The molecule has 0 saturated heterocycles. The van der Waals surface area contributed by atoms with Gasteiger partial charge in [-0.05, 0) is 28.8 Å². The molecule has 0 saturated carbocycles. The Balaban J connectivity index is 1.73. The van der Waals surface area contributed by atoms with Gasteiger partial charge in [-0.2, -0.15) is 13.2 Å². The largest absolute Gasteiger partial charge is 0.417 e. The standard InChI is InChI=1S/C19H14F3N3O/c20-19(21,22)16-4-2-1-3-15(16)14-7-5-13(6-8-14)11-24-18(26)17-9-10-23-12-25-17/h1-10,12H,11H2,(H,24,26). The zero-order valence-corrected chi connectivity index (χ0v) is 13.5. The van der Waals surface area contributed by atoms with Crippen molar-refractivity contribution >= 4 is 5.91 Å². The van der Waals surface area contributed by atoms with Gasteiger partial charge in [0.1, 0.15) is 12.0 Å². The minimum Gasteiger partial charge on any atom is -0.347 e. The van der Waals surface area contributed by atoms with Gasteiger partial charge in [0.15, 0.2) is 0 Å². The maximum absolute atomic E-state index is 13.1. The number of carbonyl (C=O) groups is 1. The van der Waals surface area contributed by atoms with E-state index in [0.717, 1.165) is 11.6 Å². The molecule has 0 aliphatic rings. The number of hydrogen-bond acceptors (Lipinski definition) is 3. The molecule has 0 spiro atoms. The lowest BCUT2D eigenvalue weighted by Gasteiger charge is -2.13. The van der Waals surface area contributed by atoms with Crippen molar-refractivity contribution in [1.82, 2.24) is 15.3 Å². The van der Waals surface area contributed by atoms with Crippen molar-refractivity contribution < 1.29 is 18.0 Å². The fourth-order valence-corrected chi connectivity index (χ4v) is 2.48. The van der Waals surface area contributed by atoms with Crippen molar-refractivity contribution in [3.05, 3.63) is 83.9 Å². The first-order valence-corrected chi connectivity index (χ1v) is 7.75. The Bertz CT molecular complexity index is 894. The third-order valence-corrected chi connectivity index (χ3v) is 3.77. The Morgan fingerprint density at radius 3 is 2.38 bits per heavy atom. The van der Waals surface area contributed by atoms with Crippen LogP contribution in [0.5, 0.6) is 0 Å². The lowest BCUT2D eigenvalue weighted by Crippen LogP contribution is -2.23. The fraction of sp³-hybridized carbons (Fsp3) is 0.105. The van der Waals surface area contributed by atoms with Gasteiger partial charge < -0.3 is 5.32 Å². The number of alkyl halides is 3. The maximum atomic E-state index is 13.1. The number of nitrogens with one attached hydrogen (secondary N) is 1. The molecule has 3 rings (SSSR count). The second-order valence-electron chi connectivity index (χ2n) is 5.52. The van der Waals surface area contributed by atoms with Crippen LogP contribution in [0.3, 0.4) is 0 Å². The van der Waals surface area contributed by atoms with Gasteiger partial charge in [-0.15, -0.1) is 0 Å². The molecule has 0 unspecified atom stereocenters. The van der Waals surface area contributed by atoms with Gasteiger partial charge >= 0.3 is 6.18 Å². The molecule has 1 amide bonds. The number of aromatic nitrogens is 2. The van der Waals surface area contributed by atoms with Crippen LogP contribution in [0.25, 0.3) is 11.1 Å². The van der Waals surface area contributed by atoms with Crippen molar-refractivity contribution in [2.24, 2.45) is 0 Å². The van der Waals surface area contributed by atoms with Gasteiger partial charge in [-0.1, -0.05) is 42.5 Å². The molecule has 2 aromatic carbocycles. The first kappa shape index (κ1) is 17.6. The van der Waals surface area contributed by atoms with E-state index >= 15 is 0 Å². The molecule has 132 valence electrons. The smallest absolute Gasteiger partial charge is 0.347 e. The quantitative estimate of drug-likeness (QED) is 0.765. The zero-order valence-electron chi connectivity index (χ0n) is 13.5. The average molecular weight is 357 g/mol. The second-order valence-corrected chi connectivity index (χ2v) is 5.52. The van der Waals surface area contributed by atoms with Crippen molar-refractivity contribution in [1.29, 1.82) is 0 Å². The topological polar surface area (TPSA) is 54.9 Å². The Kier molecular flexibility index (Phi) is 4.97. The van der Waals surface area contributed by atoms with Gasteiger partial charge in [0.05, 0.1) is 5.56 Å². The van der Waals surface area contributed by atoms with E-state index in [1.54, 1.807) is 30.3 Å². The van der Waals surface area contributed by atoms with Gasteiger partial charge in [-0.25, -0.2) is 9.97 Å². The summed E-state index contributed by atoms with van der Waals surface area (Å²) in [4.78, 5) is 19.5. The molecule has 3 aromatic rings. The molecule has 26 heavy (non-hydrogen) atoms. The number of nitrogens with zero attached hydrogens (tertiary/aromatic N) is 2. The number of halogens is 3. The monoisotopic (exact) mass is 357 g/mol. The predicted octanol–water partition coefficient (Wildman–Crippen LogP) is 4.09. The van der Waals surface area contributed by atoms with Crippen LogP contribution in [0.2, 0.25) is 0 Å². The molecule has 1 heterocycles. The molecule has 0 aliphatic heterocycles. The van der Waals surface area contributed by atoms with Crippen LogP contribution in [0.1, 0.15) is 21.6 Å². The summed E-state index contributed by atoms with van der Waals surface area (Å²) < 4.78 is 39.4. The third kappa shape index (κ3) is 4.05. The zero-order chi connectivity index (χ0) is 18.6. The molecule has 4 nitrogen and oxygen atoms in total. The van der Waals surface area contributed by atoms with E-state index in [1.165, 1.54) is 30.7 Å². The van der Waals surface area contributed by atoms with Crippen molar-refractivity contribution in [3.8, 4) is 11.1 Å². The molecule has 1 N–H and O–H groups in total. The van der Waals surface area contributed by atoms with E-state index in [2.05, 4.69) is 15.3 Å². The summed E-state index contributed by atoms with van der Waals surface area (Å²) in [6.45, 7) is 0.240. The predicted molar refractivity (Wildman–Crippen MR) is 90.1 cm³/mol. The number of benzene rings is 2. The number of hydrogen-bond donors (Lipinski definition) is 1. The van der Waals surface area contributed by atoms with Crippen LogP contribution in [-0.4, -0.2) is 15.9 Å². The van der Waals surface area contributed by atoms with E-state index in [0.29, 0.717) is 5.56 Å². The SMILES string of the molecule is O=C(NCc1ccc(-c2ccccc2C(F)(F)F)cc1)c1ccncn1. The van der Waals surface area contributed by atoms with E-state index in [9.17, 15) is 18.0 Å². The highest BCUT2D eigenvalue weighted by atomic mass is 19.4. The summed E-state index contributed by atoms with van der Waals surface area (Å²) in [5.74, 6) is -0.348. The van der Waals surface area contributed by atoms with Crippen molar-refractivity contribution in [2.75, 3.05) is 0 Å². The number of amides is 1. The van der Waals surface area contributed by atoms with Crippen molar-refractivity contribution in [3.63, 3.8) is 0 Å². The second kappa shape index (κ2) is 7.35. The summed E-state index contributed by atoms with van der Waals surface area (Å²) in [6, 6.07) is 13.5. The number of rotatable bonds is 4. The first-order chi connectivity index (χ1) is 12.4. The van der Waals surface area contributed by atoms with Crippen LogP contribution in [0.4, 0.5) is 13.2 Å². The summed E-state index contributed by atoms with van der Waals surface area (Å²) in [5, 5.41) is 2.70. The molecule has 0 atom stereocenters. The van der Waals surface area contributed by atoms with Crippen LogP contribution in [-0.2, 0) is 12.7 Å². The molecule has 0 aliphatic carbocycles. The van der Waals surface area contributed by atoms with Gasteiger partial charge in [0, 0.05) is 12.7 Å². The Hall–Kier alpha value is -3.22. The van der Waals surface area contributed by atoms with Crippen LogP contribution in [0.15, 0.2) is 67.1 Å². The summed E-state index contributed by atoms with van der Waals surface area (Å²) in [7, 11) is 0. The summed E-state index contributed by atoms with van der Waals surface area (Å²) in [5.41, 5.74) is 0.918. The lowest BCUT2D eigenvalue weighted by atomic mass is 9.98. The highest BCUT2D eigenvalue weighted by molar-refractivity contribution is 5.92. The minimum absolute atomic E-state index is 0.122. The molecule has 7 heteroatoms. The molecular weight excluding hydrogens is 343 g/mol. The highest BCUT2D eigenvalue weighted by Gasteiger charge is 2.33. The van der Waals surface area contributed by atoms with Gasteiger partial charge in [0.2, 0.25) is 0 Å². The lowest BCUT2D eigenvalue weighted by molar-refractivity contribution is -0.137. The van der Waals surface area contributed by atoms with Crippen LogP contribution < -0.4 is 5.32 Å². The summed E-state index contributed by atoms with van der Waals surface area (Å²) in [6.07, 6.45) is -1.67. The normalized spacial score (nSPS) is 11.2. The van der Waals surface area contributed by atoms with Crippen LogP contribution >= 0.6 is 0 Å². The summed E-state index contributed by atoms with van der Waals surface area (Å²) >= 11 is 0. The van der Waals surface area contributed by atoms with Gasteiger partial charge in [0.25, 0.3) is 5.91 Å². The molecular formula is C19H14F3N3O. The first-order valence-electron chi connectivity index (χ1n) is 7.75. The molecule has 1 aromatic heterocycles. The average Bonchev–Trinajstić information content (AvgIpc) is 2.66. The minimum atomic E-state index is -4.42. The highest BCUT2D eigenvalue weighted by Crippen LogP contribution is 2.36. The molecule has 0 bridgehead atoms. The number of carbonyl (C=O) groups excluding carboxylic acids is 1. The maximum Gasteiger partial charge on any atom is 0.417 e. The molecule has 0 fully saturated rings. The Morgan fingerprint density at radius 1 is 1.00 bits per heavy atom. The Morgan fingerprint density at radius 2 is 1.73 bits per heavy atom. The fourth-order valence-electron chi connectivity index (χ4n) is 2.48. The van der Waals surface area contributed by atoms with E-state index in [4.69, 9.17) is 0 Å².